The minimum atomic E-state index is -0.538. The van der Waals surface area contributed by atoms with Gasteiger partial charge in [0.2, 0.25) is 0 Å². The Morgan fingerprint density at radius 2 is 2.31 bits per heavy atom. The topological polar surface area (TPSA) is 90.4 Å². The highest BCUT2D eigenvalue weighted by Gasteiger charge is 2.17. The molecule has 0 amide bonds. The van der Waals surface area contributed by atoms with Gasteiger partial charge in [0.05, 0.1) is 23.2 Å². The quantitative estimate of drug-likeness (QED) is 0.602. The lowest BCUT2D eigenvalue weighted by Crippen LogP contribution is -2.22. The second kappa shape index (κ2) is 5.09. The Bertz CT molecular complexity index is 439. The van der Waals surface area contributed by atoms with Crippen LogP contribution < -0.4 is 4.90 Å². The Kier molecular flexibility index (Phi) is 3.80. The van der Waals surface area contributed by atoms with E-state index in [4.69, 9.17) is 10.4 Å². The summed E-state index contributed by atoms with van der Waals surface area (Å²) in [7, 11) is 1.64. The van der Waals surface area contributed by atoms with Crippen molar-refractivity contribution < 1.29 is 10.0 Å². The fourth-order valence-corrected chi connectivity index (χ4v) is 1.33. The molecule has 1 rings (SSSR count). The van der Waals surface area contributed by atoms with Crippen LogP contribution in [-0.4, -0.2) is 30.2 Å². The molecule has 0 aliphatic rings. The van der Waals surface area contributed by atoms with Crippen molar-refractivity contribution in [3.63, 3.8) is 0 Å². The molecule has 16 heavy (non-hydrogen) atoms. The summed E-state index contributed by atoms with van der Waals surface area (Å²) < 4.78 is 0. The molecule has 0 heterocycles. The molecule has 0 atom stereocenters. The first-order chi connectivity index (χ1) is 7.60. The van der Waals surface area contributed by atoms with E-state index in [9.17, 15) is 10.1 Å². The number of hydrogen-bond acceptors (Lipinski definition) is 5. The third kappa shape index (κ3) is 2.46. The Balaban J connectivity index is 3.18. The molecule has 1 aromatic rings. The Labute approximate surface area is 92.5 Å². The van der Waals surface area contributed by atoms with Gasteiger partial charge in [0.15, 0.2) is 0 Å². The van der Waals surface area contributed by atoms with Gasteiger partial charge in [-0.2, -0.15) is 5.26 Å². The molecular weight excluding hydrogens is 210 g/mol. The number of nitrogens with zero attached hydrogens (tertiary/aromatic N) is 3. The summed E-state index contributed by atoms with van der Waals surface area (Å²) in [5.74, 6) is 0. The van der Waals surface area contributed by atoms with E-state index in [-0.39, 0.29) is 17.9 Å². The normalized spacial score (nSPS) is 9.56. The molecule has 0 aromatic heterocycles. The van der Waals surface area contributed by atoms with Crippen molar-refractivity contribution in [3.8, 4) is 6.07 Å². The molecular formula is C10H11N3O3. The maximum absolute atomic E-state index is 10.8. The van der Waals surface area contributed by atoms with Gasteiger partial charge in [0.25, 0.3) is 5.69 Å². The number of hydrogen-bond donors (Lipinski definition) is 1. The Morgan fingerprint density at radius 1 is 1.62 bits per heavy atom. The molecule has 0 radical (unpaired) electrons. The van der Waals surface area contributed by atoms with Gasteiger partial charge in [0.1, 0.15) is 5.69 Å². The number of aliphatic hydroxyl groups is 1. The van der Waals surface area contributed by atoms with Crippen LogP contribution in [0, 0.1) is 21.4 Å². The molecule has 1 aromatic carbocycles. The Morgan fingerprint density at radius 3 is 2.81 bits per heavy atom. The van der Waals surface area contributed by atoms with Crippen LogP contribution in [0.5, 0.6) is 0 Å². The van der Waals surface area contributed by atoms with Gasteiger partial charge in [-0.15, -0.1) is 0 Å². The molecule has 84 valence electrons. The minimum absolute atomic E-state index is 0.0896. The highest BCUT2D eigenvalue weighted by Crippen LogP contribution is 2.27. The summed E-state index contributed by atoms with van der Waals surface area (Å²) in [5.41, 5.74) is 0.501. The fraction of sp³-hybridized carbons (Fsp3) is 0.300. The first-order valence-corrected chi connectivity index (χ1v) is 4.60. The van der Waals surface area contributed by atoms with E-state index in [1.807, 2.05) is 6.07 Å². The van der Waals surface area contributed by atoms with E-state index in [2.05, 4.69) is 0 Å². The first kappa shape index (κ1) is 11.9. The highest BCUT2D eigenvalue weighted by atomic mass is 16.6. The van der Waals surface area contributed by atoms with Crippen molar-refractivity contribution in [3.05, 3.63) is 33.9 Å². The van der Waals surface area contributed by atoms with E-state index >= 15 is 0 Å². The molecule has 6 heteroatoms. The van der Waals surface area contributed by atoms with Crippen LogP contribution in [-0.2, 0) is 0 Å². The van der Waals surface area contributed by atoms with Gasteiger partial charge in [-0.1, -0.05) is 0 Å². The largest absolute Gasteiger partial charge is 0.395 e. The smallest absolute Gasteiger partial charge is 0.293 e. The monoisotopic (exact) mass is 221 g/mol. The number of anilines is 1. The van der Waals surface area contributed by atoms with E-state index in [1.165, 1.54) is 18.2 Å². The van der Waals surface area contributed by atoms with Crippen molar-refractivity contribution in [1.82, 2.24) is 0 Å². The standard InChI is InChI=1S/C10H11N3O3/c1-12(4-5-14)9-3-2-8(7-11)6-10(9)13(15)16/h2-3,6,14H,4-5H2,1H3. The van der Waals surface area contributed by atoms with E-state index in [0.29, 0.717) is 12.2 Å². The second-order valence-electron chi connectivity index (χ2n) is 3.22. The number of nitriles is 1. The van der Waals surface area contributed by atoms with Crippen molar-refractivity contribution in [2.45, 2.75) is 0 Å². The molecule has 0 spiro atoms. The molecule has 0 fully saturated rings. The summed E-state index contributed by atoms with van der Waals surface area (Å²) in [6, 6.07) is 6.09. The van der Waals surface area contributed by atoms with E-state index in [0.717, 1.165) is 0 Å². The van der Waals surface area contributed by atoms with E-state index in [1.54, 1.807) is 11.9 Å². The molecule has 0 aliphatic carbocycles. The zero-order valence-electron chi connectivity index (χ0n) is 8.75. The zero-order valence-corrected chi connectivity index (χ0v) is 8.75. The predicted molar refractivity (Wildman–Crippen MR) is 58.2 cm³/mol. The fourth-order valence-electron chi connectivity index (χ4n) is 1.33. The van der Waals surface area contributed by atoms with E-state index < -0.39 is 4.92 Å². The number of benzene rings is 1. The average molecular weight is 221 g/mol. The summed E-state index contributed by atoms with van der Waals surface area (Å²) in [4.78, 5) is 11.8. The third-order valence-electron chi connectivity index (χ3n) is 2.15. The Hall–Kier alpha value is -2.13. The molecule has 6 nitrogen and oxygen atoms in total. The molecule has 0 saturated heterocycles. The van der Waals surface area contributed by atoms with Crippen LogP contribution in [0.2, 0.25) is 0 Å². The van der Waals surface area contributed by atoms with Gasteiger partial charge in [-0.25, -0.2) is 0 Å². The molecule has 1 N–H and O–H groups in total. The van der Waals surface area contributed by atoms with Crippen LogP contribution >= 0.6 is 0 Å². The lowest BCUT2D eigenvalue weighted by atomic mass is 10.2. The number of nitro groups is 1. The van der Waals surface area contributed by atoms with Crippen LogP contribution in [0.4, 0.5) is 11.4 Å². The van der Waals surface area contributed by atoms with Gasteiger partial charge in [0, 0.05) is 19.7 Å². The zero-order chi connectivity index (χ0) is 12.1. The molecule has 0 unspecified atom stereocenters. The van der Waals surface area contributed by atoms with Crippen LogP contribution in [0.1, 0.15) is 5.56 Å². The summed E-state index contributed by atoms with van der Waals surface area (Å²) in [6.07, 6.45) is 0. The van der Waals surface area contributed by atoms with Crippen molar-refractivity contribution in [1.29, 1.82) is 5.26 Å². The lowest BCUT2D eigenvalue weighted by molar-refractivity contribution is -0.384. The summed E-state index contributed by atoms with van der Waals surface area (Å²) in [5, 5.41) is 28.2. The first-order valence-electron chi connectivity index (χ1n) is 4.60. The SMILES string of the molecule is CN(CCO)c1ccc(C#N)cc1[N+](=O)[O-]. The van der Waals surface area contributed by atoms with Crippen molar-refractivity contribution >= 4 is 11.4 Å². The summed E-state index contributed by atoms with van der Waals surface area (Å²) in [6.45, 7) is 0.209. The lowest BCUT2D eigenvalue weighted by Gasteiger charge is -2.17. The van der Waals surface area contributed by atoms with Gasteiger partial charge in [-0.05, 0) is 12.1 Å². The number of aliphatic hydroxyl groups excluding tert-OH is 1. The minimum Gasteiger partial charge on any atom is -0.395 e. The van der Waals surface area contributed by atoms with Crippen LogP contribution in [0.25, 0.3) is 0 Å². The number of likely N-dealkylation sites (N-methyl/N-ethyl adjacent to an activating group) is 1. The second-order valence-corrected chi connectivity index (χ2v) is 3.22. The average Bonchev–Trinajstić information content (AvgIpc) is 2.28. The predicted octanol–water partition coefficient (Wildman–Crippen LogP) is 0.895. The van der Waals surface area contributed by atoms with Gasteiger partial charge < -0.3 is 10.0 Å². The molecule has 0 saturated carbocycles. The summed E-state index contributed by atoms with van der Waals surface area (Å²) >= 11 is 0. The van der Waals surface area contributed by atoms with Crippen LogP contribution in [0.3, 0.4) is 0 Å². The molecule has 0 aliphatic heterocycles. The van der Waals surface area contributed by atoms with Crippen LogP contribution in [0.15, 0.2) is 18.2 Å². The van der Waals surface area contributed by atoms with Crippen molar-refractivity contribution in [2.75, 3.05) is 25.1 Å². The number of rotatable bonds is 4. The maximum atomic E-state index is 10.8. The van der Waals surface area contributed by atoms with Gasteiger partial charge >= 0.3 is 0 Å². The maximum Gasteiger partial charge on any atom is 0.293 e. The molecule has 0 bridgehead atoms. The van der Waals surface area contributed by atoms with Gasteiger partial charge in [-0.3, -0.25) is 10.1 Å². The highest BCUT2D eigenvalue weighted by molar-refractivity contribution is 5.65. The number of nitro benzene ring substituents is 1. The van der Waals surface area contributed by atoms with Crippen molar-refractivity contribution in [2.24, 2.45) is 0 Å². The third-order valence-corrected chi connectivity index (χ3v) is 2.15.